The van der Waals surface area contributed by atoms with Crippen molar-refractivity contribution in [2.75, 3.05) is 12.3 Å². The van der Waals surface area contributed by atoms with E-state index in [1.807, 2.05) is 0 Å². The summed E-state index contributed by atoms with van der Waals surface area (Å²) in [7, 11) is 0. The van der Waals surface area contributed by atoms with Gasteiger partial charge < -0.3 is 15.6 Å². The van der Waals surface area contributed by atoms with Crippen molar-refractivity contribution in [1.82, 2.24) is 14.9 Å². The minimum atomic E-state index is -4.59. The van der Waals surface area contributed by atoms with Crippen LogP contribution < -0.4 is 11.1 Å². The Morgan fingerprint density at radius 1 is 1.43 bits per heavy atom. The van der Waals surface area contributed by atoms with Gasteiger partial charge in [0.1, 0.15) is 0 Å². The van der Waals surface area contributed by atoms with Crippen LogP contribution >= 0.6 is 0 Å². The number of carbonyl (C=O) groups excluding carboxylic acids is 1. The molecule has 5 nitrogen and oxygen atoms in total. The third kappa shape index (κ3) is 3.26. The molecular formula is C13H15F3N4O. The molecule has 1 heterocycles. The van der Waals surface area contributed by atoms with Crippen molar-refractivity contribution in [3.63, 3.8) is 0 Å². The SMILES string of the molecule is CCNC(=O)CCn1c(C(F)(F)F)nc2cc(N)ccc21. The van der Waals surface area contributed by atoms with Crippen LogP contribution in [-0.4, -0.2) is 22.0 Å². The lowest BCUT2D eigenvalue weighted by Crippen LogP contribution is -2.25. The van der Waals surface area contributed by atoms with Crippen molar-refractivity contribution in [2.45, 2.75) is 26.1 Å². The number of nitrogen functional groups attached to an aromatic ring is 1. The van der Waals surface area contributed by atoms with Crippen LogP contribution in [-0.2, 0) is 17.5 Å². The molecule has 0 atom stereocenters. The Morgan fingerprint density at radius 2 is 2.14 bits per heavy atom. The number of nitrogens with two attached hydrogens (primary N) is 1. The van der Waals surface area contributed by atoms with Gasteiger partial charge in [-0.2, -0.15) is 13.2 Å². The van der Waals surface area contributed by atoms with E-state index in [0.29, 0.717) is 17.7 Å². The zero-order valence-corrected chi connectivity index (χ0v) is 11.4. The molecule has 3 N–H and O–H groups in total. The first-order valence-corrected chi connectivity index (χ1v) is 6.42. The fraction of sp³-hybridized carbons (Fsp3) is 0.385. The maximum atomic E-state index is 13.0. The number of carbonyl (C=O) groups is 1. The molecule has 0 spiro atoms. The van der Waals surface area contributed by atoms with Crippen LogP contribution in [0.3, 0.4) is 0 Å². The first-order chi connectivity index (χ1) is 9.82. The van der Waals surface area contributed by atoms with Crippen molar-refractivity contribution in [2.24, 2.45) is 0 Å². The van der Waals surface area contributed by atoms with Crippen molar-refractivity contribution in [3.05, 3.63) is 24.0 Å². The summed E-state index contributed by atoms with van der Waals surface area (Å²) in [4.78, 5) is 15.0. The Hall–Kier alpha value is -2.25. The third-order valence-corrected chi connectivity index (χ3v) is 2.96. The molecule has 2 rings (SSSR count). The minimum absolute atomic E-state index is 0.0489. The van der Waals surface area contributed by atoms with Crippen LogP contribution in [0.1, 0.15) is 19.2 Å². The molecule has 0 aliphatic rings. The van der Waals surface area contributed by atoms with E-state index in [-0.39, 0.29) is 24.4 Å². The summed E-state index contributed by atoms with van der Waals surface area (Å²) < 4.78 is 40.1. The summed E-state index contributed by atoms with van der Waals surface area (Å²) >= 11 is 0. The van der Waals surface area contributed by atoms with Gasteiger partial charge in [0.05, 0.1) is 11.0 Å². The Labute approximate surface area is 118 Å². The van der Waals surface area contributed by atoms with Crippen LogP contribution in [0.4, 0.5) is 18.9 Å². The van der Waals surface area contributed by atoms with Gasteiger partial charge in [-0.15, -0.1) is 0 Å². The van der Waals surface area contributed by atoms with Crippen LogP contribution in [0.2, 0.25) is 0 Å². The number of aryl methyl sites for hydroxylation is 1. The van der Waals surface area contributed by atoms with E-state index < -0.39 is 12.0 Å². The summed E-state index contributed by atoms with van der Waals surface area (Å²) in [6.07, 6.45) is -4.64. The highest BCUT2D eigenvalue weighted by atomic mass is 19.4. The molecule has 0 aliphatic heterocycles. The molecular weight excluding hydrogens is 285 g/mol. The fourth-order valence-electron chi connectivity index (χ4n) is 2.09. The second-order valence-corrected chi connectivity index (χ2v) is 4.54. The summed E-state index contributed by atoms with van der Waals surface area (Å²) in [6, 6.07) is 4.37. The number of imidazole rings is 1. The van der Waals surface area contributed by atoms with Gasteiger partial charge in [0.15, 0.2) is 0 Å². The van der Waals surface area contributed by atoms with E-state index in [0.717, 1.165) is 4.57 Å². The third-order valence-electron chi connectivity index (χ3n) is 2.96. The predicted octanol–water partition coefficient (Wildman–Crippen LogP) is 2.16. The zero-order valence-electron chi connectivity index (χ0n) is 11.4. The molecule has 0 bridgehead atoms. The Bertz CT molecular complexity index is 663. The summed E-state index contributed by atoms with van der Waals surface area (Å²) in [5, 5.41) is 2.55. The van der Waals surface area contributed by atoms with Gasteiger partial charge in [-0.1, -0.05) is 0 Å². The molecule has 114 valence electrons. The smallest absolute Gasteiger partial charge is 0.399 e. The Kier molecular flexibility index (Phi) is 4.06. The largest absolute Gasteiger partial charge is 0.449 e. The Balaban J connectivity index is 2.41. The number of anilines is 1. The van der Waals surface area contributed by atoms with Crippen molar-refractivity contribution in [3.8, 4) is 0 Å². The van der Waals surface area contributed by atoms with Gasteiger partial charge in [-0.05, 0) is 25.1 Å². The van der Waals surface area contributed by atoms with E-state index in [1.54, 1.807) is 6.92 Å². The van der Waals surface area contributed by atoms with Crippen LogP contribution in [0.15, 0.2) is 18.2 Å². The minimum Gasteiger partial charge on any atom is -0.399 e. The predicted molar refractivity (Wildman–Crippen MR) is 72.4 cm³/mol. The molecule has 0 saturated carbocycles. The molecule has 8 heteroatoms. The highest BCUT2D eigenvalue weighted by molar-refractivity contribution is 5.80. The van der Waals surface area contributed by atoms with Crippen molar-refractivity contribution < 1.29 is 18.0 Å². The number of alkyl halides is 3. The van der Waals surface area contributed by atoms with Crippen LogP contribution in [0.25, 0.3) is 11.0 Å². The van der Waals surface area contributed by atoms with E-state index in [4.69, 9.17) is 5.73 Å². The number of benzene rings is 1. The van der Waals surface area contributed by atoms with Gasteiger partial charge in [0.2, 0.25) is 11.7 Å². The summed E-state index contributed by atoms with van der Waals surface area (Å²) in [5.74, 6) is -1.32. The van der Waals surface area contributed by atoms with Crippen molar-refractivity contribution >= 4 is 22.6 Å². The van der Waals surface area contributed by atoms with Gasteiger partial charge in [0, 0.05) is 25.2 Å². The van der Waals surface area contributed by atoms with Crippen molar-refractivity contribution in [1.29, 1.82) is 0 Å². The monoisotopic (exact) mass is 300 g/mol. The van der Waals surface area contributed by atoms with Gasteiger partial charge in [-0.25, -0.2) is 4.98 Å². The molecule has 0 saturated heterocycles. The van der Waals surface area contributed by atoms with Gasteiger partial charge in [-0.3, -0.25) is 4.79 Å². The highest BCUT2D eigenvalue weighted by Gasteiger charge is 2.37. The average molecular weight is 300 g/mol. The molecule has 1 aromatic carbocycles. The zero-order chi connectivity index (χ0) is 15.6. The number of nitrogens with zero attached hydrogens (tertiary/aromatic N) is 2. The number of nitrogens with one attached hydrogen (secondary N) is 1. The maximum absolute atomic E-state index is 13.0. The topological polar surface area (TPSA) is 72.9 Å². The lowest BCUT2D eigenvalue weighted by molar-refractivity contribution is -0.147. The molecule has 1 aromatic heterocycles. The fourth-order valence-corrected chi connectivity index (χ4v) is 2.09. The number of rotatable bonds is 4. The lowest BCUT2D eigenvalue weighted by Gasteiger charge is -2.11. The number of aromatic nitrogens is 2. The molecule has 0 aliphatic carbocycles. The first kappa shape index (κ1) is 15.1. The van der Waals surface area contributed by atoms with E-state index in [2.05, 4.69) is 10.3 Å². The molecule has 2 aromatic rings. The quantitative estimate of drug-likeness (QED) is 0.850. The van der Waals surface area contributed by atoms with Gasteiger partial charge >= 0.3 is 6.18 Å². The second-order valence-electron chi connectivity index (χ2n) is 4.54. The number of amides is 1. The highest BCUT2D eigenvalue weighted by Crippen LogP contribution is 2.32. The Morgan fingerprint density at radius 3 is 2.76 bits per heavy atom. The number of fused-ring (bicyclic) bond motifs is 1. The van der Waals surface area contributed by atoms with E-state index in [1.165, 1.54) is 18.2 Å². The standard InChI is InChI=1S/C13H15F3N4O/c1-2-18-11(21)5-6-20-10-4-3-8(17)7-9(10)19-12(20)13(14,15)16/h3-4,7H,2,5-6,17H2,1H3,(H,18,21). The number of hydrogen-bond donors (Lipinski definition) is 2. The molecule has 0 fully saturated rings. The molecule has 1 amide bonds. The lowest BCUT2D eigenvalue weighted by atomic mass is 10.2. The summed E-state index contributed by atoms with van der Waals surface area (Å²) in [6.45, 7) is 2.09. The van der Waals surface area contributed by atoms with Crippen LogP contribution in [0, 0.1) is 0 Å². The average Bonchev–Trinajstić information content (AvgIpc) is 2.74. The van der Waals surface area contributed by atoms with E-state index >= 15 is 0 Å². The molecule has 0 radical (unpaired) electrons. The second kappa shape index (κ2) is 5.63. The van der Waals surface area contributed by atoms with Gasteiger partial charge in [0.25, 0.3) is 0 Å². The van der Waals surface area contributed by atoms with E-state index in [9.17, 15) is 18.0 Å². The normalized spacial score (nSPS) is 11.8. The molecule has 0 unspecified atom stereocenters. The number of halogens is 3. The summed E-state index contributed by atoms with van der Waals surface area (Å²) in [5.41, 5.74) is 6.37. The van der Waals surface area contributed by atoms with Crippen LogP contribution in [0.5, 0.6) is 0 Å². The maximum Gasteiger partial charge on any atom is 0.449 e. The number of hydrogen-bond acceptors (Lipinski definition) is 3. The first-order valence-electron chi connectivity index (χ1n) is 6.42. The molecule has 21 heavy (non-hydrogen) atoms.